The summed E-state index contributed by atoms with van der Waals surface area (Å²) in [5.74, 6) is -1.82. The van der Waals surface area contributed by atoms with Crippen LogP contribution in [0.15, 0.2) is 0 Å². The summed E-state index contributed by atoms with van der Waals surface area (Å²) in [4.78, 5) is 19.9. The van der Waals surface area contributed by atoms with E-state index in [-0.39, 0.29) is 17.7 Å². The highest BCUT2D eigenvalue weighted by Crippen LogP contribution is 2.11. The molecule has 1 unspecified atom stereocenters. The van der Waals surface area contributed by atoms with Crippen LogP contribution in [0.2, 0.25) is 0 Å². The summed E-state index contributed by atoms with van der Waals surface area (Å²) in [6, 6.07) is 0. The van der Waals surface area contributed by atoms with E-state index in [9.17, 15) is 9.59 Å². The molecule has 0 aromatic carbocycles. The van der Waals surface area contributed by atoms with Crippen molar-refractivity contribution in [3.63, 3.8) is 0 Å². The summed E-state index contributed by atoms with van der Waals surface area (Å²) in [5.41, 5.74) is 0. The fraction of sp³-hybridized carbons (Fsp3) is 0.667. The Morgan fingerprint density at radius 3 is 2.18 bits per heavy atom. The van der Waals surface area contributed by atoms with Crippen LogP contribution < -0.4 is 0 Å². The molecule has 0 bridgehead atoms. The van der Waals surface area contributed by atoms with E-state index in [1.807, 2.05) is 0 Å². The van der Waals surface area contributed by atoms with Gasteiger partial charge in [0.1, 0.15) is 0 Å². The van der Waals surface area contributed by atoms with Gasteiger partial charge in [-0.05, 0) is 6.42 Å². The zero-order valence-electron chi connectivity index (χ0n) is 5.79. The highest BCUT2D eigenvalue weighted by Gasteiger charge is 2.10. The Balaban J connectivity index is 3.44. The molecule has 64 valence electrons. The lowest BCUT2D eigenvalue weighted by atomic mass is 10.2. The van der Waals surface area contributed by atoms with E-state index in [1.54, 1.807) is 0 Å². The van der Waals surface area contributed by atoms with Crippen molar-refractivity contribution in [2.45, 2.75) is 24.1 Å². The number of rotatable bonds is 5. The topological polar surface area (TPSA) is 74.6 Å². The lowest BCUT2D eigenvalue weighted by Gasteiger charge is -2.02. The predicted molar refractivity (Wildman–Crippen MR) is 41.8 cm³/mol. The van der Waals surface area contributed by atoms with E-state index in [4.69, 9.17) is 10.2 Å². The average Bonchev–Trinajstić information content (AvgIpc) is 1.82. The second-order valence-corrected chi connectivity index (χ2v) is 3.42. The fourth-order valence-electron chi connectivity index (χ4n) is 0.572. The molecular formula is C6H9BrO4. The van der Waals surface area contributed by atoms with Crippen molar-refractivity contribution < 1.29 is 19.8 Å². The average molecular weight is 225 g/mol. The third-order valence-corrected chi connectivity index (χ3v) is 1.85. The molecule has 0 rings (SSSR count). The first-order valence-corrected chi connectivity index (χ1v) is 4.01. The van der Waals surface area contributed by atoms with Gasteiger partial charge in [0.15, 0.2) is 0 Å². The van der Waals surface area contributed by atoms with Gasteiger partial charge >= 0.3 is 11.9 Å². The first kappa shape index (κ1) is 10.4. The van der Waals surface area contributed by atoms with E-state index in [2.05, 4.69) is 15.9 Å². The smallest absolute Gasteiger partial charge is 0.304 e. The van der Waals surface area contributed by atoms with Gasteiger partial charge in [-0.3, -0.25) is 9.59 Å². The van der Waals surface area contributed by atoms with Crippen molar-refractivity contribution in [2.24, 2.45) is 0 Å². The van der Waals surface area contributed by atoms with E-state index in [0.29, 0.717) is 6.42 Å². The molecular weight excluding hydrogens is 216 g/mol. The molecule has 0 aliphatic heterocycles. The molecule has 0 heterocycles. The van der Waals surface area contributed by atoms with Crippen LogP contribution in [0.4, 0.5) is 0 Å². The lowest BCUT2D eigenvalue weighted by molar-refractivity contribution is -0.139. The SMILES string of the molecule is O=C(O)CCC(Br)CC(=O)O. The van der Waals surface area contributed by atoms with Crippen LogP contribution in [-0.2, 0) is 9.59 Å². The van der Waals surface area contributed by atoms with Crippen LogP contribution in [0.1, 0.15) is 19.3 Å². The molecule has 0 aromatic rings. The summed E-state index contributed by atoms with van der Waals surface area (Å²) in [5, 5.41) is 16.5. The van der Waals surface area contributed by atoms with Gasteiger partial charge < -0.3 is 10.2 Å². The van der Waals surface area contributed by atoms with E-state index >= 15 is 0 Å². The number of halogens is 1. The summed E-state index contributed by atoms with van der Waals surface area (Å²) in [7, 11) is 0. The molecule has 1 atom stereocenters. The van der Waals surface area contributed by atoms with Crippen LogP contribution in [0.3, 0.4) is 0 Å². The van der Waals surface area contributed by atoms with E-state index < -0.39 is 11.9 Å². The Kier molecular flexibility index (Phi) is 4.85. The van der Waals surface area contributed by atoms with Crippen LogP contribution in [-0.4, -0.2) is 27.0 Å². The van der Waals surface area contributed by atoms with Gasteiger partial charge in [-0.15, -0.1) is 0 Å². The number of aliphatic carboxylic acids is 2. The van der Waals surface area contributed by atoms with Crippen molar-refractivity contribution >= 4 is 27.9 Å². The molecule has 0 spiro atoms. The van der Waals surface area contributed by atoms with Gasteiger partial charge in [0.05, 0.1) is 6.42 Å². The fourth-order valence-corrected chi connectivity index (χ4v) is 1.08. The van der Waals surface area contributed by atoms with Crippen molar-refractivity contribution in [3.05, 3.63) is 0 Å². The van der Waals surface area contributed by atoms with E-state index in [0.717, 1.165) is 0 Å². The number of carboxylic acid groups (broad SMARTS) is 2. The van der Waals surface area contributed by atoms with Crippen LogP contribution in [0, 0.1) is 0 Å². The maximum absolute atomic E-state index is 10.1. The molecule has 0 saturated heterocycles. The normalized spacial score (nSPS) is 12.5. The molecule has 11 heavy (non-hydrogen) atoms. The summed E-state index contributed by atoms with van der Waals surface area (Å²) >= 11 is 3.06. The molecule has 2 N–H and O–H groups in total. The van der Waals surface area contributed by atoms with Crippen LogP contribution >= 0.6 is 15.9 Å². The van der Waals surface area contributed by atoms with Gasteiger partial charge in [-0.2, -0.15) is 0 Å². The second kappa shape index (κ2) is 5.12. The van der Waals surface area contributed by atoms with Crippen molar-refractivity contribution in [1.29, 1.82) is 0 Å². The van der Waals surface area contributed by atoms with Gasteiger partial charge in [0.2, 0.25) is 0 Å². The Morgan fingerprint density at radius 2 is 1.82 bits per heavy atom. The Bertz CT molecular complexity index is 157. The minimum absolute atomic E-state index is 0.00317. The van der Waals surface area contributed by atoms with Gasteiger partial charge in [-0.25, -0.2) is 0 Å². The standard InChI is InChI=1S/C6H9BrO4/c7-4(3-6(10)11)1-2-5(8)9/h4H,1-3H2,(H,8,9)(H,10,11). The van der Waals surface area contributed by atoms with Crippen LogP contribution in [0.5, 0.6) is 0 Å². The van der Waals surface area contributed by atoms with Gasteiger partial charge in [0.25, 0.3) is 0 Å². The number of carbonyl (C=O) groups is 2. The summed E-state index contributed by atoms with van der Waals surface area (Å²) in [6.07, 6.45) is 0.318. The third-order valence-electron chi connectivity index (χ3n) is 1.07. The molecule has 0 fully saturated rings. The maximum Gasteiger partial charge on any atom is 0.304 e. The minimum atomic E-state index is -0.919. The molecule has 0 aromatic heterocycles. The Labute approximate surface area is 72.3 Å². The monoisotopic (exact) mass is 224 g/mol. The number of carboxylic acids is 2. The molecule has 5 heteroatoms. The van der Waals surface area contributed by atoms with Crippen molar-refractivity contribution in [2.75, 3.05) is 0 Å². The minimum Gasteiger partial charge on any atom is -0.481 e. The first-order valence-electron chi connectivity index (χ1n) is 3.10. The molecule has 0 radical (unpaired) electrons. The summed E-state index contributed by atoms with van der Waals surface area (Å²) in [6.45, 7) is 0. The quantitative estimate of drug-likeness (QED) is 0.686. The summed E-state index contributed by atoms with van der Waals surface area (Å²) < 4.78 is 0. The molecule has 0 amide bonds. The first-order chi connectivity index (χ1) is 5.02. The highest BCUT2D eigenvalue weighted by molar-refractivity contribution is 9.09. The number of hydrogen-bond donors (Lipinski definition) is 2. The molecule has 0 aliphatic rings. The van der Waals surface area contributed by atoms with Crippen molar-refractivity contribution in [3.8, 4) is 0 Å². The highest BCUT2D eigenvalue weighted by atomic mass is 79.9. The van der Waals surface area contributed by atoms with Gasteiger partial charge in [0, 0.05) is 11.2 Å². The zero-order valence-corrected chi connectivity index (χ0v) is 7.37. The maximum atomic E-state index is 10.1. The predicted octanol–water partition coefficient (Wildman–Crippen LogP) is 1.09. The third kappa shape index (κ3) is 7.32. The lowest BCUT2D eigenvalue weighted by Crippen LogP contribution is -2.08. The van der Waals surface area contributed by atoms with Crippen LogP contribution in [0.25, 0.3) is 0 Å². The Morgan fingerprint density at radius 1 is 1.27 bits per heavy atom. The molecule has 0 aliphatic carbocycles. The molecule has 0 saturated carbocycles. The second-order valence-electron chi connectivity index (χ2n) is 2.13. The van der Waals surface area contributed by atoms with Gasteiger partial charge in [-0.1, -0.05) is 15.9 Å². The van der Waals surface area contributed by atoms with E-state index in [1.165, 1.54) is 0 Å². The zero-order chi connectivity index (χ0) is 8.85. The molecule has 4 nitrogen and oxygen atoms in total. The largest absolute Gasteiger partial charge is 0.481 e. The number of alkyl halides is 1. The van der Waals surface area contributed by atoms with Crippen molar-refractivity contribution in [1.82, 2.24) is 0 Å². The number of hydrogen-bond acceptors (Lipinski definition) is 2. The Hall–Kier alpha value is -0.580.